The third kappa shape index (κ3) is 3.33. The number of hydrogen-bond acceptors (Lipinski definition) is 5. The van der Waals surface area contributed by atoms with E-state index in [9.17, 15) is 18.5 Å². The van der Waals surface area contributed by atoms with Crippen LogP contribution >= 0.6 is 0 Å². The second-order valence-electron chi connectivity index (χ2n) is 4.87. The van der Waals surface area contributed by atoms with Crippen LogP contribution in [-0.2, 0) is 10.0 Å². The number of piperidine rings is 1. The molecule has 1 aliphatic rings. The van der Waals surface area contributed by atoms with Crippen LogP contribution in [0.1, 0.15) is 18.4 Å². The smallest absolute Gasteiger partial charge is 0.272 e. The fourth-order valence-electron chi connectivity index (χ4n) is 2.24. The molecule has 1 atom stereocenters. The molecule has 0 amide bonds. The van der Waals surface area contributed by atoms with Gasteiger partial charge in [0, 0.05) is 24.2 Å². The maximum atomic E-state index is 12.2. The van der Waals surface area contributed by atoms with E-state index in [0.717, 1.165) is 19.4 Å². The molecule has 1 aromatic carbocycles. The summed E-state index contributed by atoms with van der Waals surface area (Å²) in [5.74, 6) is 0. The summed E-state index contributed by atoms with van der Waals surface area (Å²) in [6, 6.07) is 3.69. The number of sulfonamides is 1. The molecule has 0 radical (unpaired) electrons. The summed E-state index contributed by atoms with van der Waals surface area (Å²) in [6.07, 6.45) is 1.71. The zero-order valence-electron chi connectivity index (χ0n) is 11.1. The number of aryl methyl sites for hydroxylation is 1. The number of hydrogen-bond donors (Lipinski definition) is 2. The molecule has 1 heterocycles. The molecule has 8 heteroatoms. The van der Waals surface area contributed by atoms with Gasteiger partial charge >= 0.3 is 0 Å². The fraction of sp³-hybridized carbons (Fsp3) is 0.500. The molecule has 2 rings (SSSR count). The van der Waals surface area contributed by atoms with Crippen LogP contribution in [0.2, 0.25) is 0 Å². The van der Waals surface area contributed by atoms with Crippen LogP contribution in [0.3, 0.4) is 0 Å². The molecule has 0 saturated carbocycles. The van der Waals surface area contributed by atoms with E-state index in [2.05, 4.69) is 10.0 Å². The third-order valence-electron chi connectivity index (χ3n) is 3.29. The highest BCUT2D eigenvalue weighted by molar-refractivity contribution is 7.89. The average Bonchev–Trinajstić information content (AvgIpc) is 2.38. The van der Waals surface area contributed by atoms with Crippen LogP contribution in [-0.4, -0.2) is 32.5 Å². The SMILES string of the molecule is Cc1cc(S(=O)(=O)NC2CCCNC2)ccc1[N+](=O)[O-]. The number of nitro benzene ring substituents is 1. The van der Waals surface area contributed by atoms with E-state index in [1.807, 2.05) is 0 Å². The average molecular weight is 299 g/mol. The normalized spacial score (nSPS) is 19.8. The Morgan fingerprint density at radius 2 is 2.20 bits per heavy atom. The predicted octanol–water partition coefficient (Wildman–Crippen LogP) is 0.934. The molecule has 110 valence electrons. The number of nitrogens with one attached hydrogen (secondary N) is 2. The zero-order chi connectivity index (χ0) is 14.8. The van der Waals surface area contributed by atoms with E-state index in [-0.39, 0.29) is 16.6 Å². The molecule has 1 unspecified atom stereocenters. The Hall–Kier alpha value is -1.51. The summed E-state index contributed by atoms with van der Waals surface area (Å²) >= 11 is 0. The van der Waals surface area contributed by atoms with Gasteiger partial charge in [-0.1, -0.05) is 0 Å². The molecule has 1 saturated heterocycles. The van der Waals surface area contributed by atoms with Gasteiger partial charge in [0.15, 0.2) is 0 Å². The largest absolute Gasteiger partial charge is 0.315 e. The summed E-state index contributed by atoms with van der Waals surface area (Å²) in [5, 5.41) is 13.9. The summed E-state index contributed by atoms with van der Waals surface area (Å²) in [5.41, 5.74) is 0.253. The first-order valence-corrected chi connectivity index (χ1v) is 7.86. The van der Waals surface area contributed by atoms with Crippen molar-refractivity contribution >= 4 is 15.7 Å². The van der Waals surface area contributed by atoms with E-state index in [4.69, 9.17) is 0 Å². The van der Waals surface area contributed by atoms with Crippen LogP contribution in [0.25, 0.3) is 0 Å². The van der Waals surface area contributed by atoms with Gasteiger partial charge in [0.05, 0.1) is 9.82 Å². The van der Waals surface area contributed by atoms with Gasteiger partial charge in [-0.15, -0.1) is 0 Å². The van der Waals surface area contributed by atoms with E-state index in [1.54, 1.807) is 0 Å². The first-order valence-electron chi connectivity index (χ1n) is 6.38. The Balaban J connectivity index is 2.20. The number of rotatable bonds is 4. The molecule has 0 bridgehead atoms. The van der Waals surface area contributed by atoms with Gasteiger partial charge in [0.25, 0.3) is 5.69 Å². The van der Waals surface area contributed by atoms with Crippen molar-refractivity contribution in [2.45, 2.75) is 30.7 Å². The quantitative estimate of drug-likeness (QED) is 0.636. The van der Waals surface area contributed by atoms with E-state index < -0.39 is 14.9 Å². The van der Waals surface area contributed by atoms with Crippen molar-refractivity contribution in [1.82, 2.24) is 10.0 Å². The fourth-order valence-corrected chi connectivity index (χ4v) is 3.60. The zero-order valence-corrected chi connectivity index (χ0v) is 11.9. The van der Waals surface area contributed by atoms with Crippen LogP contribution in [0, 0.1) is 17.0 Å². The van der Waals surface area contributed by atoms with Crippen molar-refractivity contribution in [2.75, 3.05) is 13.1 Å². The lowest BCUT2D eigenvalue weighted by Crippen LogP contribution is -2.45. The lowest BCUT2D eigenvalue weighted by molar-refractivity contribution is -0.385. The lowest BCUT2D eigenvalue weighted by Gasteiger charge is -2.23. The minimum Gasteiger partial charge on any atom is -0.315 e. The van der Waals surface area contributed by atoms with Crippen molar-refractivity contribution in [3.8, 4) is 0 Å². The third-order valence-corrected chi connectivity index (χ3v) is 4.81. The van der Waals surface area contributed by atoms with E-state index in [1.165, 1.54) is 25.1 Å². The number of nitrogens with zero attached hydrogens (tertiary/aromatic N) is 1. The minimum atomic E-state index is -3.64. The van der Waals surface area contributed by atoms with Gasteiger partial charge < -0.3 is 5.32 Å². The standard InChI is InChI=1S/C12H17N3O4S/c1-9-7-11(4-5-12(9)15(16)17)20(18,19)14-10-3-2-6-13-8-10/h4-5,7,10,13-14H,2-3,6,8H2,1H3. The van der Waals surface area contributed by atoms with Crippen molar-refractivity contribution in [2.24, 2.45) is 0 Å². The molecule has 1 aliphatic heterocycles. The molecule has 2 N–H and O–H groups in total. The van der Waals surface area contributed by atoms with E-state index >= 15 is 0 Å². The van der Waals surface area contributed by atoms with Gasteiger partial charge in [-0.2, -0.15) is 0 Å². The molecule has 1 fully saturated rings. The van der Waals surface area contributed by atoms with Gasteiger partial charge in [0.1, 0.15) is 0 Å². The molecule has 7 nitrogen and oxygen atoms in total. The van der Waals surface area contributed by atoms with E-state index in [0.29, 0.717) is 12.1 Å². The highest BCUT2D eigenvalue weighted by Crippen LogP contribution is 2.21. The molecular formula is C12H17N3O4S. The first-order chi connectivity index (χ1) is 9.40. The van der Waals surface area contributed by atoms with Crippen LogP contribution < -0.4 is 10.0 Å². The Morgan fingerprint density at radius 1 is 1.45 bits per heavy atom. The van der Waals surface area contributed by atoms with Gasteiger partial charge in [-0.05, 0) is 38.4 Å². The van der Waals surface area contributed by atoms with Crippen molar-refractivity contribution in [3.05, 3.63) is 33.9 Å². The summed E-state index contributed by atoms with van der Waals surface area (Å²) in [7, 11) is -3.64. The first kappa shape index (κ1) is 14.9. The Labute approximate surface area is 117 Å². The molecule has 0 aliphatic carbocycles. The lowest BCUT2D eigenvalue weighted by atomic mass is 10.1. The van der Waals surface area contributed by atoms with Gasteiger partial charge in [-0.25, -0.2) is 13.1 Å². The number of nitro groups is 1. The second kappa shape index (κ2) is 5.86. The number of benzene rings is 1. The second-order valence-corrected chi connectivity index (χ2v) is 6.58. The predicted molar refractivity (Wildman–Crippen MR) is 74.0 cm³/mol. The molecule has 0 aromatic heterocycles. The van der Waals surface area contributed by atoms with Crippen molar-refractivity contribution in [1.29, 1.82) is 0 Å². The minimum absolute atomic E-state index is 0.0613. The maximum absolute atomic E-state index is 12.2. The maximum Gasteiger partial charge on any atom is 0.272 e. The topological polar surface area (TPSA) is 101 Å². The highest BCUT2D eigenvalue weighted by atomic mass is 32.2. The van der Waals surface area contributed by atoms with Crippen LogP contribution in [0.4, 0.5) is 5.69 Å². The molecule has 1 aromatic rings. The molecular weight excluding hydrogens is 282 g/mol. The van der Waals surface area contributed by atoms with Crippen molar-refractivity contribution in [3.63, 3.8) is 0 Å². The van der Waals surface area contributed by atoms with Crippen LogP contribution in [0.5, 0.6) is 0 Å². The molecule has 20 heavy (non-hydrogen) atoms. The van der Waals surface area contributed by atoms with Gasteiger partial charge in [0.2, 0.25) is 10.0 Å². The highest BCUT2D eigenvalue weighted by Gasteiger charge is 2.23. The Morgan fingerprint density at radius 3 is 2.75 bits per heavy atom. The molecule has 0 spiro atoms. The summed E-state index contributed by atoms with van der Waals surface area (Å²) in [6.45, 7) is 3.03. The van der Waals surface area contributed by atoms with Crippen LogP contribution in [0.15, 0.2) is 23.1 Å². The summed E-state index contributed by atoms with van der Waals surface area (Å²) in [4.78, 5) is 10.3. The monoisotopic (exact) mass is 299 g/mol. The Kier molecular flexibility index (Phi) is 4.36. The summed E-state index contributed by atoms with van der Waals surface area (Å²) < 4.78 is 27.1. The Bertz CT molecular complexity index is 609. The van der Waals surface area contributed by atoms with Crippen molar-refractivity contribution < 1.29 is 13.3 Å². The van der Waals surface area contributed by atoms with Gasteiger partial charge in [-0.3, -0.25) is 10.1 Å².